The number of likely N-dealkylation sites (N-methyl/N-ethyl adjacent to an activating group) is 6. The predicted octanol–water partition coefficient (Wildman–Crippen LogP) is 3.35. The molecule has 1 aromatic carbocycles. The van der Waals surface area contributed by atoms with Gasteiger partial charge >= 0.3 is 6.18 Å². The van der Waals surface area contributed by atoms with Crippen LogP contribution in [0.3, 0.4) is 0 Å². The van der Waals surface area contributed by atoms with Crippen molar-refractivity contribution in [2.24, 2.45) is 17.8 Å². The summed E-state index contributed by atoms with van der Waals surface area (Å²) in [5.41, 5.74) is -2.25. The highest BCUT2D eigenvalue weighted by Crippen LogP contribution is 2.49. The van der Waals surface area contributed by atoms with E-state index in [0.717, 1.165) is 23.8 Å². The van der Waals surface area contributed by atoms with Gasteiger partial charge in [-0.3, -0.25) is 57.5 Å². The molecule has 4 heterocycles. The van der Waals surface area contributed by atoms with Crippen molar-refractivity contribution >= 4 is 70.9 Å². The van der Waals surface area contributed by atoms with Gasteiger partial charge in [-0.1, -0.05) is 72.8 Å². The van der Waals surface area contributed by atoms with Crippen LogP contribution in [0.5, 0.6) is 0 Å². The molecule has 30 heteroatoms. The van der Waals surface area contributed by atoms with Crippen molar-refractivity contribution in [3.8, 4) is 0 Å². The molecular weight excluding hydrogens is 1310 g/mol. The number of fused-ring (bicyclic) bond motifs is 3. The van der Waals surface area contributed by atoms with Crippen LogP contribution in [0.4, 0.5) is 17.6 Å². The van der Waals surface area contributed by atoms with E-state index in [9.17, 15) is 51.1 Å². The van der Waals surface area contributed by atoms with Gasteiger partial charge in [0.15, 0.2) is 0 Å². The average Bonchev–Trinajstić information content (AvgIpc) is 1.32. The summed E-state index contributed by atoms with van der Waals surface area (Å²) >= 11 is 0. The minimum Gasteiger partial charge on any atom is -0.379 e. The zero-order valence-electron chi connectivity index (χ0n) is 60.3. The first-order chi connectivity index (χ1) is 47.2. The van der Waals surface area contributed by atoms with Gasteiger partial charge < -0.3 is 69.5 Å². The maximum Gasteiger partial charge on any atom is 0.419 e. The first-order valence-electron chi connectivity index (χ1n) is 35.6. The lowest BCUT2D eigenvalue weighted by Crippen LogP contribution is -2.73. The number of carbonyl (C=O) groups excluding carboxylic acids is 12. The minimum atomic E-state index is -5.01. The van der Waals surface area contributed by atoms with Crippen molar-refractivity contribution in [2.45, 2.75) is 217 Å². The van der Waals surface area contributed by atoms with Crippen molar-refractivity contribution in [1.29, 1.82) is 0 Å². The molecule has 1 spiro atoms. The highest BCUT2D eigenvalue weighted by atomic mass is 19.4. The van der Waals surface area contributed by atoms with Gasteiger partial charge in [-0.15, -0.1) is 0 Å². The number of morpholine rings is 1. The molecule has 26 nitrogen and oxygen atoms in total. The minimum absolute atomic E-state index is 0.0272. The number of alkyl halides is 3. The van der Waals surface area contributed by atoms with Crippen molar-refractivity contribution < 1.29 is 84.6 Å². The van der Waals surface area contributed by atoms with Gasteiger partial charge in [-0.2, -0.15) is 13.2 Å². The monoisotopic (exact) mass is 1410 g/mol. The van der Waals surface area contributed by atoms with Crippen LogP contribution in [0.25, 0.3) is 0 Å². The van der Waals surface area contributed by atoms with Gasteiger partial charge in [0.1, 0.15) is 60.2 Å². The fraction of sp³-hybridized carbons (Fsp3) is 0.743. The Hall–Kier alpha value is -7.50. The van der Waals surface area contributed by atoms with Crippen LogP contribution in [-0.4, -0.2) is 276 Å². The Balaban J connectivity index is 1.28. The second-order valence-electron chi connectivity index (χ2n) is 28.7. The first kappa shape index (κ1) is 79.8. The number of rotatable bonds is 13. The number of ether oxygens (including phenoxy) is 2. The summed E-state index contributed by atoms with van der Waals surface area (Å²) < 4.78 is 67.4. The van der Waals surface area contributed by atoms with Crippen LogP contribution in [0.1, 0.15) is 155 Å². The molecule has 12 amide bonds. The quantitative estimate of drug-likeness (QED) is 0.189. The van der Waals surface area contributed by atoms with Gasteiger partial charge in [0.25, 0.3) is 0 Å². The van der Waals surface area contributed by atoms with Crippen LogP contribution < -0.4 is 16.0 Å². The summed E-state index contributed by atoms with van der Waals surface area (Å²) in [6, 6.07) is -9.35. The molecule has 4 aliphatic heterocycles. The van der Waals surface area contributed by atoms with E-state index in [0.29, 0.717) is 63.5 Å². The lowest BCUT2D eigenvalue weighted by Gasteiger charge is -2.58. The third-order valence-electron chi connectivity index (χ3n) is 21.5. The zero-order chi connectivity index (χ0) is 73.8. The Kier molecular flexibility index (Phi) is 27.9. The summed E-state index contributed by atoms with van der Waals surface area (Å²) in [5, 5.41) is 8.21. The zero-order valence-corrected chi connectivity index (χ0v) is 60.3. The van der Waals surface area contributed by atoms with Gasteiger partial charge in [-0.05, 0) is 107 Å². The van der Waals surface area contributed by atoms with E-state index < -0.39 is 180 Å². The first-order valence-corrected chi connectivity index (χ1v) is 35.6. The number of hydrogen-bond acceptors (Lipinski definition) is 14. The summed E-state index contributed by atoms with van der Waals surface area (Å²) in [6.45, 7) is 9.71. The lowest BCUT2D eigenvalue weighted by molar-refractivity contribution is -0.176. The number of benzene rings is 1. The number of carbonyl (C=O) groups is 12. The van der Waals surface area contributed by atoms with Crippen molar-refractivity contribution in [3.63, 3.8) is 0 Å². The Morgan fingerprint density at radius 1 is 0.710 bits per heavy atom. The molecule has 4 saturated heterocycles. The van der Waals surface area contributed by atoms with Gasteiger partial charge in [0, 0.05) is 80.5 Å². The van der Waals surface area contributed by atoms with Gasteiger partial charge in [0.05, 0.1) is 44.9 Å². The van der Waals surface area contributed by atoms with E-state index in [4.69, 9.17) is 9.47 Å². The van der Waals surface area contributed by atoms with E-state index in [-0.39, 0.29) is 96.1 Å². The number of amides is 12. The number of nitrogens with one attached hydrogen (secondary N) is 3. The second kappa shape index (κ2) is 34.9. The Bertz CT molecular complexity index is 3140. The molecule has 3 N–H and O–H groups in total. The maximum atomic E-state index is 15.3. The number of hydrogen-bond donors (Lipinski definition) is 3. The van der Waals surface area contributed by atoms with Gasteiger partial charge in [0.2, 0.25) is 70.9 Å². The molecule has 0 radical (unpaired) electrons. The molecule has 0 unspecified atom stereocenters. The molecular formula is C70H106F4N12O14. The molecule has 10 atom stereocenters. The van der Waals surface area contributed by atoms with E-state index in [2.05, 4.69) is 16.0 Å². The SMILES string of the molecule is CCCOC[C@H]1C(=O)N(C)CC(=O)N[C@@H](CCc2ccc(C(F)(F)F)c(F)c2)C(=O)N2CCC[C@H]2C(=O)NCC(=O)N(C)[C@@H](C2CCCC2)C(=O)N(C)[C@H](C(=O)N2CCOCC2)CC(=O)N(C)[C@@H](CC(C)C)C(=O)N[C@@H]([C@@H](C)CC)C(=O)N(C)[C@@H](C)C(=O)N2[C@@H](CC23CCCC3)C(=O)N1C. The highest BCUT2D eigenvalue weighted by Gasteiger charge is 2.60. The molecule has 1 aromatic rings. The maximum absolute atomic E-state index is 15.3. The second-order valence-corrected chi connectivity index (χ2v) is 28.7. The summed E-state index contributed by atoms with van der Waals surface area (Å²) in [4.78, 5) is 190. The lowest BCUT2D eigenvalue weighted by atomic mass is 9.75. The Morgan fingerprint density at radius 2 is 1.37 bits per heavy atom. The van der Waals surface area contributed by atoms with E-state index in [1.54, 1.807) is 6.92 Å². The van der Waals surface area contributed by atoms with Crippen LogP contribution in [0.2, 0.25) is 0 Å². The molecule has 7 rings (SSSR count). The van der Waals surface area contributed by atoms with E-state index >= 15 is 24.0 Å². The van der Waals surface area contributed by atoms with Crippen LogP contribution in [0.15, 0.2) is 18.2 Å². The van der Waals surface area contributed by atoms with Gasteiger partial charge in [-0.25, -0.2) is 4.39 Å². The smallest absolute Gasteiger partial charge is 0.379 e. The fourth-order valence-electron chi connectivity index (χ4n) is 15.1. The third-order valence-corrected chi connectivity index (χ3v) is 21.5. The van der Waals surface area contributed by atoms with Crippen LogP contribution >= 0.6 is 0 Å². The topological polar surface area (TPSA) is 289 Å². The molecule has 6 fully saturated rings. The molecule has 2 aliphatic carbocycles. The van der Waals surface area contributed by atoms with Crippen LogP contribution in [0, 0.1) is 23.6 Å². The van der Waals surface area contributed by atoms with Crippen molar-refractivity contribution in [2.75, 3.05) is 101 Å². The molecule has 100 heavy (non-hydrogen) atoms. The van der Waals surface area contributed by atoms with E-state index in [1.807, 2.05) is 27.7 Å². The largest absolute Gasteiger partial charge is 0.419 e. The molecule has 558 valence electrons. The summed E-state index contributed by atoms with van der Waals surface area (Å²) in [5.74, 6) is -11.2. The third kappa shape index (κ3) is 18.6. The predicted molar refractivity (Wildman–Crippen MR) is 358 cm³/mol. The fourth-order valence-corrected chi connectivity index (χ4v) is 15.1. The highest BCUT2D eigenvalue weighted by molar-refractivity contribution is 6.00. The molecule has 0 aromatic heterocycles. The Morgan fingerprint density at radius 3 is 1.98 bits per heavy atom. The average molecular weight is 1420 g/mol. The van der Waals surface area contributed by atoms with E-state index in [1.165, 1.54) is 88.4 Å². The van der Waals surface area contributed by atoms with Crippen molar-refractivity contribution in [1.82, 2.24) is 60.0 Å². The number of aryl methyl sites for hydroxylation is 1. The Labute approximate surface area is 584 Å². The van der Waals surface area contributed by atoms with Crippen molar-refractivity contribution in [3.05, 3.63) is 35.1 Å². The molecule has 0 bridgehead atoms. The standard InChI is InChI=1S/C70H106F4N12O14/c1-13-32-100-41-54-64(94)78(7)40-55(87)76-49(26-24-45-23-25-47(48(71)36-45)70(72,73)74)63(93)85-29-19-22-50(85)60(90)75-39-57(89)83(12)59(46-20-15-16-21-46)68(98)81(10)52(66(96)84-30-33-99-34-31-84)37-56(88)80(9)51(35-42(3)4)61(91)77-58(43(5)14-2)67(97)79(8)44(6)62(92)86-53(65(95)82(54)11)38-69(86)27-17-18-28-69/h23,25,36,42-44,46,49-54,58-59H,13-22,24,26-35,37-41H2,1-12H3,(H,75,90)(H,76,87)(H,77,91)/t43-,44-,49-,50-,51-,52-,53-,54-,58-,59-/m0/s1. The number of nitrogens with zero attached hydrogens (tertiary/aromatic N) is 9. The summed E-state index contributed by atoms with van der Waals surface area (Å²) in [6.07, 6.45) is 0.422. The number of halogens is 4. The normalized spacial score (nSPS) is 27.6. The molecule has 6 aliphatic rings. The molecule has 2 saturated carbocycles. The van der Waals surface area contributed by atoms with Crippen LogP contribution in [-0.2, 0) is 79.6 Å². The summed E-state index contributed by atoms with van der Waals surface area (Å²) in [7, 11) is 8.30.